The van der Waals surface area contributed by atoms with Crippen LogP contribution in [0, 0.1) is 0 Å². The van der Waals surface area contributed by atoms with Gasteiger partial charge in [-0.25, -0.2) is 0 Å². The minimum atomic E-state index is 0.0905. The molecule has 0 fully saturated rings. The zero-order valence-corrected chi connectivity index (χ0v) is 17.7. The number of thioether (sulfide) groups is 1. The highest BCUT2D eigenvalue weighted by molar-refractivity contribution is 7.99. The van der Waals surface area contributed by atoms with Crippen molar-refractivity contribution in [3.05, 3.63) is 48.0 Å². The molecular formula is C22H22N4O3S. The molecule has 30 heavy (non-hydrogen) atoms. The lowest BCUT2D eigenvalue weighted by Crippen LogP contribution is -2.37. The molecule has 5 rings (SSSR count). The highest BCUT2D eigenvalue weighted by atomic mass is 32.2. The van der Waals surface area contributed by atoms with E-state index < -0.39 is 0 Å². The van der Waals surface area contributed by atoms with Crippen LogP contribution in [0.15, 0.2) is 47.6 Å². The summed E-state index contributed by atoms with van der Waals surface area (Å²) in [6.45, 7) is 5.08. The van der Waals surface area contributed by atoms with Gasteiger partial charge in [0.15, 0.2) is 22.5 Å². The molecule has 0 unspecified atom stereocenters. The maximum Gasteiger partial charge on any atom is 0.237 e. The van der Waals surface area contributed by atoms with Crippen molar-refractivity contribution >= 4 is 23.4 Å². The Kier molecular flexibility index (Phi) is 4.86. The van der Waals surface area contributed by atoms with Crippen LogP contribution in [0.1, 0.15) is 19.4 Å². The van der Waals surface area contributed by atoms with Crippen molar-refractivity contribution in [1.82, 2.24) is 14.8 Å². The van der Waals surface area contributed by atoms with Crippen molar-refractivity contribution in [1.29, 1.82) is 0 Å². The number of amides is 1. The summed E-state index contributed by atoms with van der Waals surface area (Å²) in [6.07, 6.45) is 0.895. The number of carbonyl (C=O) groups is 1. The molecule has 0 N–H and O–H groups in total. The zero-order valence-electron chi connectivity index (χ0n) is 16.9. The molecule has 3 aromatic rings. The number of carbonyl (C=O) groups excluding carboxylic acids is 1. The molecule has 0 radical (unpaired) electrons. The Bertz CT molecular complexity index is 1110. The summed E-state index contributed by atoms with van der Waals surface area (Å²) >= 11 is 1.43. The lowest BCUT2D eigenvalue weighted by Gasteiger charge is -2.22. The van der Waals surface area contributed by atoms with Gasteiger partial charge < -0.3 is 18.9 Å². The maximum absolute atomic E-state index is 13.0. The van der Waals surface area contributed by atoms with E-state index in [1.54, 1.807) is 0 Å². The Labute approximate surface area is 179 Å². The van der Waals surface area contributed by atoms with Crippen LogP contribution < -0.4 is 14.4 Å². The summed E-state index contributed by atoms with van der Waals surface area (Å²) in [7, 11) is 0. The van der Waals surface area contributed by atoms with Crippen LogP contribution in [-0.2, 0) is 17.8 Å². The number of nitrogens with zero attached hydrogens (tertiary/aromatic N) is 4. The average molecular weight is 423 g/mol. The van der Waals surface area contributed by atoms with E-state index in [9.17, 15) is 4.79 Å². The second-order valence-corrected chi connectivity index (χ2v) is 8.30. The molecule has 7 nitrogen and oxygen atoms in total. The third-order valence-electron chi connectivity index (χ3n) is 5.46. The fraction of sp³-hybridized carbons (Fsp3) is 0.318. The van der Waals surface area contributed by atoms with Crippen molar-refractivity contribution in [3.63, 3.8) is 0 Å². The summed E-state index contributed by atoms with van der Waals surface area (Å²) in [5.74, 6) is 2.61. The van der Waals surface area contributed by atoms with Crippen LogP contribution in [0.3, 0.4) is 0 Å². The van der Waals surface area contributed by atoms with Gasteiger partial charge in [-0.3, -0.25) is 4.79 Å². The summed E-state index contributed by atoms with van der Waals surface area (Å²) in [5, 5.41) is 9.47. The topological polar surface area (TPSA) is 69.5 Å². The number of fused-ring (bicyclic) bond motifs is 2. The van der Waals surface area contributed by atoms with Crippen molar-refractivity contribution in [2.75, 3.05) is 17.4 Å². The Hall–Kier alpha value is -3.00. The third-order valence-corrected chi connectivity index (χ3v) is 6.42. The van der Waals surface area contributed by atoms with Gasteiger partial charge in [0.2, 0.25) is 12.7 Å². The number of benzene rings is 2. The van der Waals surface area contributed by atoms with Crippen molar-refractivity contribution in [2.45, 2.75) is 38.0 Å². The molecule has 0 saturated heterocycles. The van der Waals surface area contributed by atoms with Crippen molar-refractivity contribution < 1.29 is 14.3 Å². The number of para-hydroxylation sites is 1. The van der Waals surface area contributed by atoms with Gasteiger partial charge in [-0.15, -0.1) is 10.2 Å². The van der Waals surface area contributed by atoms with Crippen LogP contribution >= 0.6 is 11.8 Å². The first-order valence-electron chi connectivity index (χ1n) is 10.0. The number of aromatic nitrogens is 3. The van der Waals surface area contributed by atoms with E-state index in [4.69, 9.17) is 9.47 Å². The fourth-order valence-corrected chi connectivity index (χ4v) is 4.93. The minimum Gasteiger partial charge on any atom is -0.454 e. The van der Waals surface area contributed by atoms with Gasteiger partial charge in [-0.2, -0.15) is 0 Å². The Morgan fingerprint density at radius 2 is 2.00 bits per heavy atom. The molecule has 2 aromatic carbocycles. The first-order valence-corrected chi connectivity index (χ1v) is 11.0. The van der Waals surface area contributed by atoms with Crippen molar-refractivity contribution in [3.8, 4) is 22.9 Å². The molecule has 1 amide bonds. The SMILES string of the molecule is CCn1c(SCC(=O)N2c3ccccc3C[C@@H]2C)nnc1-c1ccc2c(c1)OCO2. The Morgan fingerprint density at radius 1 is 1.17 bits per heavy atom. The first-order chi connectivity index (χ1) is 14.7. The largest absolute Gasteiger partial charge is 0.454 e. The second kappa shape index (κ2) is 7.68. The summed E-state index contributed by atoms with van der Waals surface area (Å²) in [4.78, 5) is 14.9. The normalized spacial score (nSPS) is 16.7. The van der Waals surface area contributed by atoms with E-state index in [1.807, 2.05) is 52.8 Å². The van der Waals surface area contributed by atoms with Gasteiger partial charge in [-0.05, 0) is 50.1 Å². The highest BCUT2D eigenvalue weighted by Crippen LogP contribution is 2.36. The predicted molar refractivity (Wildman–Crippen MR) is 115 cm³/mol. The molecule has 154 valence electrons. The molecule has 0 spiro atoms. The van der Waals surface area contributed by atoms with E-state index >= 15 is 0 Å². The molecule has 2 aliphatic rings. The molecule has 1 atom stereocenters. The maximum atomic E-state index is 13.0. The number of anilines is 1. The van der Waals surface area contributed by atoms with Gasteiger partial charge >= 0.3 is 0 Å². The molecule has 0 bridgehead atoms. The quantitative estimate of drug-likeness (QED) is 0.583. The number of ether oxygens (including phenoxy) is 2. The van der Waals surface area contributed by atoms with Crippen LogP contribution in [0.4, 0.5) is 5.69 Å². The Balaban J connectivity index is 1.34. The molecule has 0 aliphatic carbocycles. The van der Waals surface area contributed by atoms with Crippen LogP contribution in [0.25, 0.3) is 11.4 Å². The Morgan fingerprint density at radius 3 is 2.87 bits per heavy atom. The summed E-state index contributed by atoms with van der Waals surface area (Å²) in [5.41, 5.74) is 3.16. The predicted octanol–water partition coefficient (Wildman–Crippen LogP) is 3.76. The van der Waals surface area contributed by atoms with Gasteiger partial charge in [0.1, 0.15) is 0 Å². The van der Waals surface area contributed by atoms with Crippen LogP contribution in [-0.4, -0.2) is 39.3 Å². The average Bonchev–Trinajstić information content (AvgIpc) is 3.46. The molecule has 3 heterocycles. The monoisotopic (exact) mass is 422 g/mol. The zero-order chi connectivity index (χ0) is 20.7. The molecule has 8 heteroatoms. The lowest BCUT2D eigenvalue weighted by molar-refractivity contribution is -0.116. The summed E-state index contributed by atoms with van der Waals surface area (Å²) in [6, 6.07) is 14.0. The van der Waals surface area contributed by atoms with E-state index in [2.05, 4.69) is 23.2 Å². The molecular weight excluding hydrogens is 400 g/mol. The number of rotatable bonds is 5. The van der Waals surface area contributed by atoms with E-state index in [-0.39, 0.29) is 18.7 Å². The van der Waals surface area contributed by atoms with E-state index in [0.717, 1.165) is 34.4 Å². The van der Waals surface area contributed by atoms with E-state index in [0.29, 0.717) is 18.0 Å². The van der Waals surface area contributed by atoms with Gasteiger partial charge in [-0.1, -0.05) is 30.0 Å². The first kappa shape index (κ1) is 19.0. The van der Waals surface area contributed by atoms with Gasteiger partial charge in [0.05, 0.1) is 5.75 Å². The van der Waals surface area contributed by atoms with Gasteiger partial charge in [0.25, 0.3) is 0 Å². The van der Waals surface area contributed by atoms with Crippen molar-refractivity contribution in [2.24, 2.45) is 0 Å². The number of hydrogen-bond donors (Lipinski definition) is 0. The highest BCUT2D eigenvalue weighted by Gasteiger charge is 2.30. The van der Waals surface area contributed by atoms with E-state index in [1.165, 1.54) is 17.3 Å². The molecule has 1 aromatic heterocycles. The minimum absolute atomic E-state index is 0.0905. The molecule has 2 aliphatic heterocycles. The number of hydrogen-bond acceptors (Lipinski definition) is 6. The lowest BCUT2D eigenvalue weighted by atomic mass is 10.1. The smallest absolute Gasteiger partial charge is 0.237 e. The van der Waals surface area contributed by atoms with Crippen LogP contribution in [0.5, 0.6) is 11.5 Å². The second-order valence-electron chi connectivity index (χ2n) is 7.35. The standard InChI is InChI=1S/C22H22N4O3S/c1-3-25-21(16-8-9-18-19(11-16)29-13-28-18)23-24-22(25)30-12-20(27)26-14(2)10-15-6-4-5-7-17(15)26/h4-9,11,14H,3,10,12-13H2,1-2H3/t14-/m0/s1. The van der Waals surface area contributed by atoms with Crippen LogP contribution in [0.2, 0.25) is 0 Å². The van der Waals surface area contributed by atoms with Gasteiger partial charge in [0, 0.05) is 23.8 Å². The summed E-state index contributed by atoms with van der Waals surface area (Å²) < 4.78 is 12.9. The fourth-order valence-electron chi connectivity index (χ4n) is 4.07. The third kappa shape index (κ3) is 3.21. The molecule has 0 saturated carbocycles.